The van der Waals surface area contributed by atoms with Crippen molar-refractivity contribution in [3.63, 3.8) is 0 Å². The summed E-state index contributed by atoms with van der Waals surface area (Å²) in [6, 6.07) is 7.67. The van der Waals surface area contributed by atoms with Gasteiger partial charge in [-0.25, -0.2) is 9.78 Å². The molecule has 1 aromatic carbocycles. The second-order valence-electron chi connectivity index (χ2n) is 6.98. The molecule has 1 aliphatic carbocycles. The first-order valence-corrected chi connectivity index (χ1v) is 9.82. The molecule has 1 fully saturated rings. The van der Waals surface area contributed by atoms with E-state index in [9.17, 15) is 9.59 Å². The second kappa shape index (κ2) is 7.07. The van der Waals surface area contributed by atoms with Gasteiger partial charge >= 0.3 is 6.03 Å². The van der Waals surface area contributed by atoms with Gasteiger partial charge in [0.05, 0.1) is 12.2 Å². The molecule has 0 bridgehead atoms. The Morgan fingerprint density at radius 2 is 2.12 bits per heavy atom. The lowest BCUT2D eigenvalue weighted by atomic mass is 9.85. The van der Waals surface area contributed by atoms with E-state index in [0.717, 1.165) is 41.1 Å². The number of hydrogen-bond acceptors (Lipinski definition) is 4. The molecule has 1 saturated carbocycles. The molecule has 1 aliphatic heterocycles. The van der Waals surface area contributed by atoms with Crippen LogP contribution in [0.1, 0.15) is 35.4 Å². The summed E-state index contributed by atoms with van der Waals surface area (Å²) in [6.45, 7) is 3.16. The first kappa shape index (κ1) is 17.0. The molecule has 6 nitrogen and oxygen atoms in total. The summed E-state index contributed by atoms with van der Waals surface area (Å²) >= 11 is 1.48. The molecule has 2 aliphatic rings. The fourth-order valence-electron chi connectivity index (χ4n) is 3.23. The summed E-state index contributed by atoms with van der Waals surface area (Å²) in [5.74, 6) is 0.226. The zero-order valence-corrected chi connectivity index (χ0v) is 15.6. The molecule has 7 heteroatoms. The molecule has 0 spiro atoms. The molecular formula is C19H22N4O2S. The Morgan fingerprint density at radius 1 is 1.27 bits per heavy atom. The topological polar surface area (TPSA) is 74.3 Å². The number of nitrogens with zero attached hydrogens (tertiary/aromatic N) is 2. The average Bonchev–Trinajstić information content (AvgIpc) is 2.94. The molecule has 4 rings (SSSR count). The van der Waals surface area contributed by atoms with Crippen molar-refractivity contribution in [3.05, 3.63) is 40.4 Å². The number of nitrogens with one attached hydrogen (secondary N) is 2. The number of thiazole rings is 1. The monoisotopic (exact) mass is 370 g/mol. The van der Waals surface area contributed by atoms with Crippen molar-refractivity contribution >= 4 is 34.1 Å². The van der Waals surface area contributed by atoms with Gasteiger partial charge in [-0.05, 0) is 37.5 Å². The number of fused-ring (bicyclic) bond motifs is 1. The van der Waals surface area contributed by atoms with E-state index in [-0.39, 0.29) is 17.9 Å². The normalized spacial score (nSPS) is 16.6. The van der Waals surface area contributed by atoms with Crippen LogP contribution in [-0.4, -0.2) is 28.4 Å². The highest BCUT2D eigenvalue weighted by Crippen LogP contribution is 2.31. The van der Waals surface area contributed by atoms with Crippen LogP contribution in [0, 0.1) is 12.8 Å². The van der Waals surface area contributed by atoms with Gasteiger partial charge in [0.2, 0.25) is 5.91 Å². The predicted octanol–water partition coefficient (Wildman–Crippen LogP) is 3.78. The average molecular weight is 370 g/mol. The number of carbonyl (C=O) groups is 2. The number of hydrogen-bond donors (Lipinski definition) is 2. The zero-order valence-electron chi connectivity index (χ0n) is 14.7. The number of aromatic nitrogens is 1. The fourth-order valence-corrected chi connectivity index (χ4v) is 4.25. The molecule has 2 aromatic rings. The van der Waals surface area contributed by atoms with Crippen molar-refractivity contribution in [3.8, 4) is 0 Å². The third-order valence-electron chi connectivity index (χ3n) is 4.99. The summed E-state index contributed by atoms with van der Waals surface area (Å²) in [5, 5.41) is 6.55. The molecule has 0 unspecified atom stereocenters. The van der Waals surface area contributed by atoms with Gasteiger partial charge in [-0.15, -0.1) is 0 Å². The maximum Gasteiger partial charge on any atom is 0.322 e. The van der Waals surface area contributed by atoms with Crippen molar-refractivity contribution in [1.82, 2.24) is 9.88 Å². The lowest BCUT2D eigenvalue weighted by Gasteiger charge is -2.26. The predicted molar refractivity (Wildman–Crippen MR) is 102 cm³/mol. The van der Waals surface area contributed by atoms with E-state index in [0.29, 0.717) is 24.6 Å². The van der Waals surface area contributed by atoms with Gasteiger partial charge in [-0.3, -0.25) is 4.79 Å². The third kappa shape index (κ3) is 3.58. The summed E-state index contributed by atoms with van der Waals surface area (Å²) in [4.78, 5) is 32.0. The number of aryl methyl sites for hydroxylation is 1. The largest absolute Gasteiger partial charge is 0.322 e. The van der Waals surface area contributed by atoms with E-state index < -0.39 is 0 Å². The minimum Gasteiger partial charge on any atom is -0.319 e. The van der Waals surface area contributed by atoms with E-state index >= 15 is 0 Å². The van der Waals surface area contributed by atoms with Crippen LogP contribution in [0.25, 0.3) is 0 Å². The molecular weight excluding hydrogens is 348 g/mol. The van der Waals surface area contributed by atoms with Crippen molar-refractivity contribution in [1.29, 1.82) is 0 Å². The number of anilines is 2. The fraction of sp³-hybridized carbons (Fsp3) is 0.421. The van der Waals surface area contributed by atoms with Crippen LogP contribution in [0.2, 0.25) is 0 Å². The highest BCUT2D eigenvalue weighted by molar-refractivity contribution is 7.15. The lowest BCUT2D eigenvalue weighted by Crippen LogP contribution is -2.38. The van der Waals surface area contributed by atoms with Crippen LogP contribution in [0.3, 0.4) is 0 Å². The Morgan fingerprint density at radius 3 is 2.85 bits per heavy atom. The maximum absolute atomic E-state index is 12.5. The highest BCUT2D eigenvalue weighted by Gasteiger charge is 2.28. The number of rotatable bonds is 3. The Hall–Kier alpha value is -2.41. The Bertz CT molecular complexity index is 844. The van der Waals surface area contributed by atoms with Crippen molar-refractivity contribution < 1.29 is 9.59 Å². The number of benzene rings is 1. The SMILES string of the molecule is Cc1cccc(NC(=O)N2CCc3nc(NC(=O)C4CCC4)sc3C2)c1. The van der Waals surface area contributed by atoms with Gasteiger partial charge in [0.15, 0.2) is 5.13 Å². The smallest absolute Gasteiger partial charge is 0.319 e. The van der Waals surface area contributed by atoms with Gasteiger partial charge in [-0.1, -0.05) is 29.9 Å². The van der Waals surface area contributed by atoms with Crippen molar-refractivity contribution in [2.45, 2.75) is 39.2 Å². The minimum atomic E-state index is -0.102. The second-order valence-corrected chi connectivity index (χ2v) is 8.06. The van der Waals surface area contributed by atoms with Gasteiger partial charge in [0, 0.05) is 29.4 Å². The van der Waals surface area contributed by atoms with E-state index in [4.69, 9.17) is 0 Å². The standard InChI is InChI=1S/C19H22N4O2S/c1-12-4-2-7-14(10-12)20-19(25)23-9-8-15-16(11-23)26-18(21-15)22-17(24)13-5-3-6-13/h2,4,7,10,13H,3,5-6,8-9,11H2,1H3,(H,20,25)(H,21,22,24). The lowest BCUT2D eigenvalue weighted by molar-refractivity contribution is -0.122. The molecule has 0 radical (unpaired) electrons. The van der Waals surface area contributed by atoms with Crippen LogP contribution in [0.15, 0.2) is 24.3 Å². The zero-order chi connectivity index (χ0) is 18.1. The number of carbonyl (C=O) groups excluding carboxylic acids is 2. The summed E-state index contributed by atoms with van der Waals surface area (Å²) in [7, 11) is 0. The Balaban J connectivity index is 1.39. The minimum absolute atomic E-state index is 0.0800. The van der Waals surface area contributed by atoms with Crippen LogP contribution >= 0.6 is 11.3 Å². The maximum atomic E-state index is 12.5. The van der Waals surface area contributed by atoms with E-state index in [2.05, 4.69) is 15.6 Å². The molecule has 0 saturated heterocycles. The van der Waals surface area contributed by atoms with Crippen LogP contribution in [0.4, 0.5) is 15.6 Å². The molecule has 2 heterocycles. The summed E-state index contributed by atoms with van der Waals surface area (Å²) < 4.78 is 0. The molecule has 136 valence electrons. The molecule has 26 heavy (non-hydrogen) atoms. The number of urea groups is 1. The van der Waals surface area contributed by atoms with Gasteiger partial charge < -0.3 is 15.5 Å². The molecule has 3 amide bonds. The number of amides is 3. The first-order valence-electron chi connectivity index (χ1n) is 9.00. The Kier molecular flexibility index (Phi) is 4.63. The van der Waals surface area contributed by atoms with Crippen LogP contribution in [0.5, 0.6) is 0 Å². The molecule has 0 atom stereocenters. The van der Waals surface area contributed by atoms with Crippen LogP contribution in [-0.2, 0) is 17.8 Å². The quantitative estimate of drug-likeness (QED) is 0.863. The van der Waals surface area contributed by atoms with E-state index in [1.54, 1.807) is 4.90 Å². The molecule has 2 N–H and O–H groups in total. The highest BCUT2D eigenvalue weighted by atomic mass is 32.1. The third-order valence-corrected chi connectivity index (χ3v) is 5.99. The van der Waals surface area contributed by atoms with E-state index in [1.807, 2.05) is 31.2 Å². The van der Waals surface area contributed by atoms with Crippen molar-refractivity contribution in [2.75, 3.05) is 17.2 Å². The van der Waals surface area contributed by atoms with Gasteiger partial charge in [-0.2, -0.15) is 0 Å². The summed E-state index contributed by atoms with van der Waals surface area (Å²) in [5.41, 5.74) is 2.91. The van der Waals surface area contributed by atoms with E-state index in [1.165, 1.54) is 11.3 Å². The summed E-state index contributed by atoms with van der Waals surface area (Å²) in [6.07, 6.45) is 3.80. The van der Waals surface area contributed by atoms with Crippen molar-refractivity contribution in [2.24, 2.45) is 5.92 Å². The Labute approximate surface area is 156 Å². The van der Waals surface area contributed by atoms with Gasteiger partial charge in [0.25, 0.3) is 0 Å². The van der Waals surface area contributed by atoms with Crippen LogP contribution < -0.4 is 10.6 Å². The van der Waals surface area contributed by atoms with Gasteiger partial charge in [0.1, 0.15) is 0 Å². The first-order chi connectivity index (χ1) is 12.6. The molecule has 1 aromatic heterocycles.